The summed E-state index contributed by atoms with van der Waals surface area (Å²) in [5.41, 5.74) is 7.98. The van der Waals surface area contributed by atoms with Gasteiger partial charge in [-0.05, 0) is 29.3 Å². The van der Waals surface area contributed by atoms with Gasteiger partial charge in [-0.2, -0.15) is 0 Å². The zero-order chi connectivity index (χ0) is 11.5. The molecule has 16 heavy (non-hydrogen) atoms. The fraction of sp³-hybridized carbons (Fsp3) is 0.0833. The van der Waals surface area contributed by atoms with Gasteiger partial charge in [-0.3, -0.25) is 4.98 Å². The largest absolute Gasteiger partial charge is 0.320 e. The molecule has 2 aromatic rings. The van der Waals surface area contributed by atoms with Gasteiger partial charge in [-0.25, -0.2) is 0 Å². The highest BCUT2D eigenvalue weighted by Crippen LogP contribution is 2.28. The third-order valence-corrected chi connectivity index (χ3v) is 3.16. The highest BCUT2D eigenvalue weighted by atomic mass is 79.9. The monoisotopic (exact) mass is 296 g/mol. The molecule has 1 unspecified atom stereocenters. The summed E-state index contributed by atoms with van der Waals surface area (Å²) in [6, 6.07) is 9.25. The number of rotatable bonds is 2. The van der Waals surface area contributed by atoms with E-state index in [1.807, 2.05) is 30.3 Å². The van der Waals surface area contributed by atoms with E-state index in [9.17, 15) is 0 Å². The Balaban J connectivity index is 2.38. The number of benzene rings is 1. The molecule has 2 nitrogen and oxygen atoms in total. The van der Waals surface area contributed by atoms with Crippen LogP contribution < -0.4 is 5.73 Å². The predicted octanol–water partition coefficient (Wildman–Crippen LogP) is 3.55. The van der Waals surface area contributed by atoms with Gasteiger partial charge >= 0.3 is 0 Å². The summed E-state index contributed by atoms with van der Waals surface area (Å²) in [7, 11) is 0. The summed E-state index contributed by atoms with van der Waals surface area (Å²) in [6.45, 7) is 0. The van der Waals surface area contributed by atoms with Crippen molar-refractivity contribution in [3.63, 3.8) is 0 Å². The zero-order valence-corrected chi connectivity index (χ0v) is 10.7. The Hall–Kier alpha value is -0.900. The lowest BCUT2D eigenvalue weighted by Gasteiger charge is -2.13. The first-order valence-corrected chi connectivity index (χ1v) is 5.96. The van der Waals surface area contributed by atoms with Gasteiger partial charge < -0.3 is 5.73 Å². The zero-order valence-electron chi connectivity index (χ0n) is 8.40. The first-order valence-electron chi connectivity index (χ1n) is 4.79. The second kappa shape index (κ2) is 4.95. The van der Waals surface area contributed by atoms with Crippen LogP contribution in [-0.4, -0.2) is 4.98 Å². The number of aromatic nitrogens is 1. The molecule has 0 radical (unpaired) electrons. The van der Waals surface area contributed by atoms with Crippen LogP contribution in [0, 0.1) is 0 Å². The lowest BCUT2D eigenvalue weighted by Crippen LogP contribution is -2.12. The molecule has 0 saturated heterocycles. The molecule has 2 rings (SSSR count). The molecule has 2 N–H and O–H groups in total. The van der Waals surface area contributed by atoms with Crippen LogP contribution in [0.15, 0.2) is 47.2 Å². The number of pyridine rings is 1. The predicted molar refractivity (Wildman–Crippen MR) is 69.4 cm³/mol. The fourth-order valence-electron chi connectivity index (χ4n) is 1.49. The first kappa shape index (κ1) is 11.6. The van der Waals surface area contributed by atoms with Crippen molar-refractivity contribution >= 4 is 27.5 Å². The van der Waals surface area contributed by atoms with Crippen LogP contribution in [0.1, 0.15) is 17.2 Å². The van der Waals surface area contributed by atoms with E-state index < -0.39 is 0 Å². The van der Waals surface area contributed by atoms with Crippen LogP contribution in [0.3, 0.4) is 0 Å². The molecule has 0 aliphatic heterocycles. The van der Waals surface area contributed by atoms with Crippen molar-refractivity contribution in [1.82, 2.24) is 4.98 Å². The lowest BCUT2D eigenvalue weighted by atomic mass is 10.0. The molecule has 0 bridgehead atoms. The van der Waals surface area contributed by atoms with Gasteiger partial charge in [0.1, 0.15) is 0 Å². The van der Waals surface area contributed by atoms with Crippen LogP contribution in [0.5, 0.6) is 0 Å². The van der Waals surface area contributed by atoms with Gasteiger partial charge in [0.05, 0.1) is 6.04 Å². The van der Waals surface area contributed by atoms with Crippen molar-refractivity contribution in [1.29, 1.82) is 0 Å². The minimum Gasteiger partial charge on any atom is -0.320 e. The van der Waals surface area contributed by atoms with E-state index in [-0.39, 0.29) is 6.04 Å². The van der Waals surface area contributed by atoms with E-state index in [1.54, 1.807) is 12.4 Å². The molecule has 0 fully saturated rings. The standard InChI is InChI=1S/C12H10BrClN2/c13-9-3-4-10(11(14)6-9)12(15)8-2-1-5-16-7-8/h1-7,12H,15H2. The number of hydrogen-bond donors (Lipinski definition) is 1. The Morgan fingerprint density at radius 2 is 2.12 bits per heavy atom. The van der Waals surface area contributed by atoms with Crippen molar-refractivity contribution in [2.24, 2.45) is 5.73 Å². The van der Waals surface area contributed by atoms with E-state index in [4.69, 9.17) is 17.3 Å². The Labute approximate surface area is 108 Å². The van der Waals surface area contributed by atoms with E-state index in [0.29, 0.717) is 5.02 Å². The summed E-state index contributed by atoms with van der Waals surface area (Å²) < 4.78 is 0.944. The smallest absolute Gasteiger partial charge is 0.0581 e. The molecular formula is C12H10BrClN2. The molecule has 82 valence electrons. The van der Waals surface area contributed by atoms with Crippen molar-refractivity contribution in [2.75, 3.05) is 0 Å². The van der Waals surface area contributed by atoms with Crippen LogP contribution in [0.2, 0.25) is 5.02 Å². The molecule has 0 aliphatic carbocycles. The Kier molecular flexibility index (Phi) is 3.59. The third kappa shape index (κ3) is 2.43. The number of halogens is 2. The normalized spacial score (nSPS) is 12.4. The van der Waals surface area contributed by atoms with E-state index >= 15 is 0 Å². The molecule has 0 aliphatic rings. The van der Waals surface area contributed by atoms with Crippen LogP contribution in [0.4, 0.5) is 0 Å². The number of nitrogens with zero attached hydrogens (tertiary/aromatic N) is 1. The van der Waals surface area contributed by atoms with Crippen molar-refractivity contribution < 1.29 is 0 Å². The molecular weight excluding hydrogens is 288 g/mol. The van der Waals surface area contributed by atoms with Crippen molar-refractivity contribution in [3.05, 3.63) is 63.3 Å². The van der Waals surface area contributed by atoms with Gasteiger partial charge in [-0.1, -0.05) is 39.7 Å². The average molecular weight is 298 g/mol. The summed E-state index contributed by atoms with van der Waals surface area (Å²) in [4.78, 5) is 4.05. The van der Waals surface area contributed by atoms with Gasteiger partial charge in [0.2, 0.25) is 0 Å². The Bertz CT molecular complexity index is 488. The maximum Gasteiger partial charge on any atom is 0.0581 e. The quantitative estimate of drug-likeness (QED) is 0.921. The van der Waals surface area contributed by atoms with Gasteiger partial charge in [0.15, 0.2) is 0 Å². The topological polar surface area (TPSA) is 38.9 Å². The molecule has 4 heteroatoms. The summed E-state index contributed by atoms with van der Waals surface area (Å²) in [5.74, 6) is 0. The number of hydrogen-bond acceptors (Lipinski definition) is 2. The minimum absolute atomic E-state index is 0.241. The molecule has 1 aromatic heterocycles. The van der Waals surface area contributed by atoms with Crippen molar-refractivity contribution in [2.45, 2.75) is 6.04 Å². The highest BCUT2D eigenvalue weighted by molar-refractivity contribution is 9.10. The first-order chi connectivity index (χ1) is 7.68. The second-order valence-electron chi connectivity index (χ2n) is 3.43. The van der Waals surface area contributed by atoms with Gasteiger partial charge in [-0.15, -0.1) is 0 Å². The summed E-state index contributed by atoms with van der Waals surface area (Å²) >= 11 is 9.51. The highest BCUT2D eigenvalue weighted by Gasteiger charge is 2.12. The number of nitrogens with two attached hydrogens (primary N) is 1. The van der Waals surface area contributed by atoms with Crippen LogP contribution in [-0.2, 0) is 0 Å². The Morgan fingerprint density at radius 3 is 2.75 bits per heavy atom. The van der Waals surface area contributed by atoms with E-state index in [2.05, 4.69) is 20.9 Å². The summed E-state index contributed by atoms with van der Waals surface area (Å²) in [6.07, 6.45) is 3.47. The van der Waals surface area contributed by atoms with Crippen molar-refractivity contribution in [3.8, 4) is 0 Å². The maximum atomic E-state index is 6.14. The minimum atomic E-state index is -0.241. The summed E-state index contributed by atoms with van der Waals surface area (Å²) in [5, 5.41) is 0.658. The average Bonchev–Trinajstić information content (AvgIpc) is 2.29. The maximum absolute atomic E-state index is 6.14. The lowest BCUT2D eigenvalue weighted by molar-refractivity contribution is 0.863. The molecule has 0 saturated carbocycles. The van der Waals surface area contributed by atoms with Gasteiger partial charge in [0, 0.05) is 21.9 Å². The molecule has 1 heterocycles. The molecule has 0 spiro atoms. The van der Waals surface area contributed by atoms with E-state index in [0.717, 1.165) is 15.6 Å². The van der Waals surface area contributed by atoms with Crippen LogP contribution >= 0.6 is 27.5 Å². The van der Waals surface area contributed by atoms with Gasteiger partial charge in [0.25, 0.3) is 0 Å². The molecule has 0 amide bonds. The fourth-order valence-corrected chi connectivity index (χ4v) is 2.28. The molecule has 1 atom stereocenters. The SMILES string of the molecule is NC(c1cccnc1)c1ccc(Br)cc1Cl. The second-order valence-corrected chi connectivity index (χ2v) is 4.75. The Morgan fingerprint density at radius 1 is 1.31 bits per heavy atom. The van der Waals surface area contributed by atoms with Crippen LogP contribution in [0.25, 0.3) is 0 Å². The molecule has 1 aromatic carbocycles. The third-order valence-electron chi connectivity index (χ3n) is 2.34. The van der Waals surface area contributed by atoms with E-state index in [1.165, 1.54) is 0 Å².